The van der Waals surface area contributed by atoms with Crippen molar-refractivity contribution in [2.45, 2.75) is 32.4 Å². The van der Waals surface area contributed by atoms with Crippen molar-refractivity contribution in [1.82, 2.24) is 4.98 Å². The van der Waals surface area contributed by atoms with Gasteiger partial charge in [-0.25, -0.2) is 4.98 Å². The van der Waals surface area contributed by atoms with Crippen molar-refractivity contribution in [2.75, 3.05) is 24.7 Å². The number of ether oxygens (including phenoxy) is 1. The number of nitrogens with zero attached hydrogens (tertiary/aromatic N) is 2. The van der Waals surface area contributed by atoms with E-state index in [9.17, 15) is 0 Å². The maximum Gasteiger partial charge on any atom is 0.129 e. The van der Waals surface area contributed by atoms with Gasteiger partial charge in [-0.1, -0.05) is 0 Å². The number of aromatic nitrogens is 1. The third kappa shape index (κ3) is 2.58. The molecule has 1 fully saturated rings. The molecule has 0 bridgehead atoms. The monoisotopic (exact) mass is 235 g/mol. The molecule has 0 amide bonds. The highest BCUT2D eigenvalue weighted by Crippen LogP contribution is 2.26. The van der Waals surface area contributed by atoms with Crippen LogP contribution >= 0.6 is 0 Å². The smallest absolute Gasteiger partial charge is 0.129 e. The number of nitrogens with two attached hydrogens (primary N) is 1. The van der Waals surface area contributed by atoms with E-state index in [-0.39, 0.29) is 11.6 Å². The summed E-state index contributed by atoms with van der Waals surface area (Å²) in [6, 6.07) is 4.10. The Hall–Kier alpha value is -1.13. The lowest BCUT2D eigenvalue weighted by Crippen LogP contribution is -2.53. The zero-order chi connectivity index (χ0) is 12.5. The van der Waals surface area contributed by atoms with Gasteiger partial charge >= 0.3 is 0 Å². The van der Waals surface area contributed by atoms with Gasteiger partial charge in [0.15, 0.2) is 0 Å². The second-order valence-electron chi connectivity index (χ2n) is 5.25. The Balaban J connectivity index is 2.29. The van der Waals surface area contributed by atoms with Crippen LogP contribution in [0.3, 0.4) is 0 Å². The fourth-order valence-corrected chi connectivity index (χ4v) is 2.15. The highest BCUT2D eigenvalue weighted by atomic mass is 16.5. The molecule has 2 rings (SSSR count). The second-order valence-corrected chi connectivity index (χ2v) is 5.25. The van der Waals surface area contributed by atoms with Gasteiger partial charge in [-0.2, -0.15) is 0 Å². The van der Waals surface area contributed by atoms with E-state index in [0.29, 0.717) is 0 Å². The molecule has 1 aromatic rings. The molecule has 1 unspecified atom stereocenters. The lowest BCUT2D eigenvalue weighted by Gasteiger charge is -2.43. The Morgan fingerprint density at radius 2 is 2.29 bits per heavy atom. The fraction of sp³-hybridized carbons (Fsp3) is 0.615. The molecule has 17 heavy (non-hydrogen) atoms. The molecule has 0 aromatic carbocycles. The molecule has 0 aliphatic carbocycles. The molecular weight excluding hydrogens is 214 g/mol. The van der Waals surface area contributed by atoms with Crippen LogP contribution in [0.15, 0.2) is 18.3 Å². The number of anilines is 1. The second kappa shape index (κ2) is 4.63. The molecule has 1 aliphatic heterocycles. The predicted molar refractivity (Wildman–Crippen MR) is 69.1 cm³/mol. The molecule has 1 aromatic heterocycles. The molecule has 4 nitrogen and oxygen atoms in total. The molecule has 1 atom stereocenters. The van der Waals surface area contributed by atoms with Gasteiger partial charge in [0.1, 0.15) is 5.82 Å². The van der Waals surface area contributed by atoms with E-state index in [0.717, 1.165) is 31.1 Å². The first-order valence-electron chi connectivity index (χ1n) is 6.07. The van der Waals surface area contributed by atoms with Gasteiger partial charge < -0.3 is 15.4 Å². The first kappa shape index (κ1) is 12.3. The standard InChI is InChI=1S/C13H21N3O/c1-10(14)11-4-5-15-12(8-11)16-6-7-17-9-13(16,2)3/h4-5,8,10H,6-7,9,14H2,1-3H3. The molecule has 94 valence electrons. The molecule has 0 saturated carbocycles. The van der Waals surface area contributed by atoms with Gasteiger partial charge in [0.25, 0.3) is 0 Å². The van der Waals surface area contributed by atoms with Crippen molar-refractivity contribution in [1.29, 1.82) is 0 Å². The topological polar surface area (TPSA) is 51.4 Å². The summed E-state index contributed by atoms with van der Waals surface area (Å²) in [6.45, 7) is 8.70. The maximum atomic E-state index is 5.91. The third-order valence-electron chi connectivity index (χ3n) is 3.22. The summed E-state index contributed by atoms with van der Waals surface area (Å²) >= 11 is 0. The Kier molecular flexibility index (Phi) is 3.35. The van der Waals surface area contributed by atoms with Crippen molar-refractivity contribution < 1.29 is 4.74 Å². The van der Waals surface area contributed by atoms with Gasteiger partial charge in [0.2, 0.25) is 0 Å². The van der Waals surface area contributed by atoms with Crippen LogP contribution in [-0.2, 0) is 4.74 Å². The van der Waals surface area contributed by atoms with Crippen LogP contribution in [0.5, 0.6) is 0 Å². The fourth-order valence-electron chi connectivity index (χ4n) is 2.15. The summed E-state index contributed by atoms with van der Waals surface area (Å²) in [4.78, 5) is 6.75. The lowest BCUT2D eigenvalue weighted by atomic mass is 10.0. The molecule has 2 N–H and O–H groups in total. The Morgan fingerprint density at radius 3 is 2.94 bits per heavy atom. The largest absolute Gasteiger partial charge is 0.377 e. The quantitative estimate of drug-likeness (QED) is 0.848. The van der Waals surface area contributed by atoms with E-state index in [4.69, 9.17) is 10.5 Å². The highest BCUT2D eigenvalue weighted by Gasteiger charge is 2.31. The summed E-state index contributed by atoms with van der Waals surface area (Å²) in [5.74, 6) is 0.994. The number of hydrogen-bond acceptors (Lipinski definition) is 4. The SMILES string of the molecule is CC(N)c1ccnc(N2CCOCC2(C)C)c1. The minimum Gasteiger partial charge on any atom is -0.377 e. The van der Waals surface area contributed by atoms with Crippen molar-refractivity contribution in [3.8, 4) is 0 Å². The van der Waals surface area contributed by atoms with Crippen molar-refractivity contribution in [3.05, 3.63) is 23.9 Å². The highest BCUT2D eigenvalue weighted by molar-refractivity contribution is 5.45. The van der Waals surface area contributed by atoms with E-state index < -0.39 is 0 Å². The van der Waals surface area contributed by atoms with E-state index in [1.165, 1.54) is 0 Å². The predicted octanol–water partition coefficient (Wildman–Crippen LogP) is 1.72. The molecule has 1 saturated heterocycles. The van der Waals surface area contributed by atoms with Crippen LogP contribution in [0, 0.1) is 0 Å². The van der Waals surface area contributed by atoms with E-state index in [1.54, 1.807) is 0 Å². The summed E-state index contributed by atoms with van der Waals surface area (Å²) < 4.78 is 5.52. The Labute approximate surface area is 103 Å². The average Bonchev–Trinajstić information content (AvgIpc) is 2.28. The van der Waals surface area contributed by atoms with Crippen molar-refractivity contribution in [3.63, 3.8) is 0 Å². The normalized spacial score (nSPS) is 21.3. The first-order valence-corrected chi connectivity index (χ1v) is 6.07. The summed E-state index contributed by atoms with van der Waals surface area (Å²) in [5, 5.41) is 0. The number of rotatable bonds is 2. The molecule has 4 heteroatoms. The Bertz CT molecular complexity index is 390. The minimum absolute atomic E-state index is 0.0122. The minimum atomic E-state index is -0.0122. The maximum absolute atomic E-state index is 5.91. The van der Waals surface area contributed by atoms with Crippen molar-refractivity contribution in [2.24, 2.45) is 5.73 Å². The van der Waals surface area contributed by atoms with Crippen molar-refractivity contribution >= 4 is 5.82 Å². The third-order valence-corrected chi connectivity index (χ3v) is 3.22. The molecule has 2 heterocycles. The van der Waals surface area contributed by atoms with Gasteiger partial charge in [-0.05, 0) is 38.5 Å². The van der Waals surface area contributed by atoms with Gasteiger partial charge in [-0.15, -0.1) is 0 Å². The number of hydrogen-bond donors (Lipinski definition) is 1. The van der Waals surface area contributed by atoms with Crippen LogP contribution in [0.2, 0.25) is 0 Å². The number of morpholine rings is 1. The van der Waals surface area contributed by atoms with Crippen LogP contribution in [0.1, 0.15) is 32.4 Å². The van der Waals surface area contributed by atoms with Gasteiger partial charge in [-0.3, -0.25) is 0 Å². The van der Waals surface area contributed by atoms with Crippen LogP contribution < -0.4 is 10.6 Å². The molecular formula is C13H21N3O. The zero-order valence-corrected chi connectivity index (χ0v) is 10.8. The first-order chi connectivity index (χ1) is 8.00. The Morgan fingerprint density at radius 1 is 1.53 bits per heavy atom. The lowest BCUT2D eigenvalue weighted by molar-refractivity contribution is 0.0639. The summed E-state index contributed by atoms with van der Waals surface area (Å²) in [7, 11) is 0. The summed E-state index contributed by atoms with van der Waals surface area (Å²) in [6.07, 6.45) is 1.83. The molecule has 0 radical (unpaired) electrons. The van der Waals surface area contributed by atoms with Gasteiger partial charge in [0, 0.05) is 18.8 Å². The van der Waals surface area contributed by atoms with E-state index >= 15 is 0 Å². The van der Waals surface area contributed by atoms with Crippen LogP contribution in [-0.4, -0.2) is 30.3 Å². The average molecular weight is 235 g/mol. The molecule has 1 aliphatic rings. The molecule has 0 spiro atoms. The van der Waals surface area contributed by atoms with Crippen LogP contribution in [0.25, 0.3) is 0 Å². The van der Waals surface area contributed by atoms with E-state index in [1.807, 2.05) is 19.2 Å². The number of pyridine rings is 1. The van der Waals surface area contributed by atoms with E-state index in [2.05, 4.69) is 29.8 Å². The van der Waals surface area contributed by atoms with Crippen LogP contribution in [0.4, 0.5) is 5.82 Å². The zero-order valence-electron chi connectivity index (χ0n) is 10.8. The van der Waals surface area contributed by atoms with Gasteiger partial charge in [0.05, 0.1) is 18.8 Å². The summed E-state index contributed by atoms with van der Waals surface area (Å²) in [5.41, 5.74) is 7.02.